The molecule has 0 fully saturated rings. The van der Waals surface area contributed by atoms with E-state index in [1.807, 2.05) is 25.1 Å². The van der Waals surface area contributed by atoms with Crippen LogP contribution in [0, 0.1) is 18.3 Å². The highest BCUT2D eigenvalue weighted by molar-refractivity contribution is 6.30. The number of pyridine rings is 1. The Morgan fingerprint density at radius 1 is 1.28 bits per heavy atom. The zero-order valence-electron chi connectivity index (χ0n) is 13.6. The number of rotatable bonds is 4. The highest BCUT2D eigenvalue weighted by Gasteiger charge is 2.17. The number of nitrogens with zero attached hydrogens (tertiary/aromatic N) is 4. The second kappa shape index (κ2) is 6.93. The van der Waals surface area contributed by atoms with Gasteiger partial charge in [-0.2, -0.15) is 10.4 Å². The van der Waals surface area contributed by atoms with Crippen LogP contribution in [0.2, 0.25) is 5.02 Å². The Kier molecular flexibility index (Phi) is 4.70. The maximum Gasteiger partial charge on any atom is 0.142 e. The second-order valence-corrected chi connectivity index (χ2v) is 5.99. The fraction of sp³-hybridized carbons (Fsp3) is 0.167. The molecule has 0 saturated carbocycles. The molecule has 0 aliphatic rings. The minimum absolute atomic E-state index is 0.0137. The van der Waals surface area contributed by atoms with Crippen molar-refractivity contribution in [3.8, 4) is 28.5 Å². The van der Waals surface area contributed by atoms with Crippen molar-refractivity contribution in [1.29, 1.82) is 5.26 Å². The van der Waals surface area contributed by atoms with Gasteiger partial charge in [0.25, 0.3) is 0 Å². The Labute approximate surface area is 150 Å². The standard InChI is InChI=1S/C18H16ClN5O/c1-11-16(10-24(23-11)6-7-25)14-8-17(22-18(21)15(14)9-20)12-2-4-13(19)5-3-12/h2-5,8,10,25H,6-7H2,1H3,(H2,21,22). The lowest BCUT2D eigenvalue weighted by atomic mass is 9.99. The van der Waals surface area contributed by atoms with Crippen molar-refractivity contribution in [2.75, 3.05) is 12.3 Å². The normalized spacial score (nSPS) is 10.6. The summed E-state index contributed by atoms with van der Waals surface area (Å²) < 4.78 is 1.64. The maximum atomic E-state index is 9.50. The van der Waals surface area contributed by atoms with Crippen molar-refractivity contribution in [1.82, 2.24) is 14.8 Å². The Morgan fingerprint density at radius 2 is 2.00 bits per heavy atom. The summed E-state index contributed by atoms with van der Waals surface area (Å²) in [6.45, 7) is 2.22. The number of halogens is 1. The highest BCUT2D eigenvalue weighted by Crippen LogP contribution is 2.33. The first-order chi connectivity index (χ1) is 12.0. The molecular weight excluding hydrogens is 338 g/mol. The Balaban J connectivity index is 2.18. The van der Waals surface area contributed by atoms with E-state index in [9.17, 15) is 5.26 Å². The average Bonchev–Trinajstić information content (AvgIpc) is 2.95. The van der Waals surface area contributed by atoms with Crippen molar-refractivity contribution in [2.45, 2.75) is 13.5 Å². The Morgan fingerprint density at radius 3 is 2.64 bits per heavy atom. The largest absolute Gasteiger partial charge is 0.394 e. The number of benzene rings is 1. The summed E-state index contributed by atoms with van der Waals surface area (Å²) in [5, 5.41) is 23.6. The van der Waals surface area contributed by atoms with Gasteiger partial charge in [-0.05, 0) is 25.1 Å². The zero-order valence-corrected chi connectivity index (χ0v) is 14.3. The lowest BCUT2D eigenvalue weighted by Gasteiger charge is -2.09. The lowest BCUT2D eigenvalue weighted by molar-refractivity contribution is 0.269. The molecule has 1 aromatic carbocycles. The van der Waals surface area contributed by atoms with Crippen molar-refractivity contribution in [2.24, 2.45) is 0 Å². The fourth-order valence-electron chi connectivity index (χ4n) is 2.66. The molecule has 7 heteroatoms. The molecule has 6 nitrogen and oxygen atoms in total. The fourth-order valence-corrected chi connectivity index (χ4v) is 2.79. The van der Waals surface area contributed by atoms with Crippen molar-refractivity contribution >= 4 is 17.4 Å². The van der Waals surface area contributed by atoms with Gasteiger partial charge in [-0.25, -0.2) is 4.98 Å². The predicted molar refractivity (Wildman–Crippen MR) is 96.9 cm³/mol. The molecule has 0 bridgehead atoms. The molecule has 0 aliphatic heterocycles. The van der Waals surface area contributed by atoms with Gasteiger partial charge in [-0.3, -0.25) is 4.68 Å². The van der Waals surface area contributed by atoms with Crippen LogP contribution in [0.25, 0.3) is 22.4 Å². The first-order valence-corrected chi connectivity index (χ1v) is 8.03. The number of aliphatic hydroxyl groups excluding tert-OH is 1. The van der Waals surface area contributed by atoms with Crippen molar-refractivity contribution in [3.63, 3.8) is 0 Å². The summed E-state index contributed by atoms with van der Waals surface area (Å²) in [4.78, 5) is 4.35. The van der Waals surface area contributed by atoms with Crippen LogP contribution in [0.15, 0.2) is 36.5 Å². The molecule has 0 unspecified atom stereocenters. The zero-order chi connectivity index (χ0) is 18.0. The third kappa shape index (κ3) is 3.33. The van der Waals surface area contributed by atoms with Crippen LogP contribution in [-0.4, -0.2) is 26.5 Å². The maximum absolute atomic E-state index is 9.50. The van der Waals surface area contributed by atoms with Gasteiger partial charge in [0.1, 0.15) is 17.5 Å². The van der Waals surface area contributed by atoms with Crippen molar-refractivity contribution < 1.29 is 5.11 Å². The number of anilines is 1. The van der Waals surface area contributed by atoms with Crippen LogP contribution in [0.4, 0.5) is 5.82 Å². The van der Waals surface area contributed by atoms with E-state index < -0.39 is 0 Å². The monoisotopic (exact) mass is 353 g/mol. The summed E-state index contributed by atoms with van der Waals surface area (Å²) in [7, 11) is 0. The van der Waals surface area contributed by atoms with Gasteiger partial charge >= 0.3 is 0 Å². The number of aryl methyl sites for hydroxylation is 1. The van der Waals surface area contributed by atoms with Crippen LogP contribution in [0.3, 0.4) is 0 Å². The molecule has 0 saturated heterocycles. The van der Waals surface area contributed by atoms with E-state index in [1.165, 1.54) is 0 Å². The second-order valence-electron chi connectivity index (χ2n) is 5.55. The summed E-state index contributed by atoms with van der Waals surface area (Å²) in [6, 6.07) is 11.2. The molecular formula is C18H16ClN5O. The molecule has 3 aromatic rings. The van der Waals surface area contributed by atoms with E-state index in [-0.39, 0.29) is 12.4 Å². The molecule has 126 valence electrons. The first-order valence-electron chi connectivity index (χ1n) is 7.65. The average molecular weight is 354 g/mol. The molecule has 2 heterocycles. The van der Waals surface area contributed by atoms with E-state index >= 15 is 0 Å². The number of hydrogen-bond acceptors (Lipinski definition) is 5. The smallest absolute Gasteiger partial charge is 0.142 e. The van der Waals surface area contributed by atoms with E-state index in [2.05, 4.69) is 16.2 Å². The Hall–Kier alpha value is -2.88. The van der Waals surface area contributed by atoms with Crippen LogP contribution in [0.5, 0.6) is 0 Å². The predicted octanol–water partition coefficient (Wildman–Crippen LogP) is 3.02. The van der Waals surface area contributed by atoms with Crippen LogP contribution >= 0.6 is 11.6 Å². The van der Waals surface area contributed by atoms with Gasteiger partial charge in [0.2, 0.25) is 0 Å². The van der Waals surface area contributed by atoms with Gasteiger partial charge in [-0.1, -0.05) is 23.7 Å². The first kappa shape index (κ1) is 17.0. The number of aliphatic hydroxyl groups is 1. The van der Waals surface area contributed by atoms with E-state index in [4.69, 9.17) is 22.4 Å². The number of aromatic nitrogens is 3. The third-order valence-corrected chi connectivity index (χ3v) is 4.12. The molecule has 0 aliphatic carbocycles. The minimum Gasteiger partial charge on any atom is -0.394 e. The summed E-state index contributed by atoms with van der Waals surface area (Å²) >= 11 is 5.94. The molecule has 0 radical (unpaired) electrons. The molecule has 2 aromatic heterocycles. The van der Waals surface area contributed by atoms with Gasteiger partial charge in [0, 0.05) is 27.9 Å². The van der Waals surface area contributed by atoms with Crippen LogP contribution < -0.4 is 5.73 Å². The van der Waals surface area contributed by atoms with Gasteiger partial charge in [0.15, 0.2) is 0 Å². The van der Waals surface area contributed by atoms with Gasteiger partial charge in [-0.15, -0.1) is 0 Å². The van der Waals surface area contributed by atoms with Crippen LogP contribution in [-0.2, 0) is 6.54 Å². The van der Waals surface area contributed by atoms with E-state index in [0.29, 0.717) is 28.4 Å². The quantitative estimate of drug-likeness (QED) is 0.750. The highest BCUT2D eigenvalue weighted by atomic mass is 35.5. The molecule has 0 spiro atoms. The molecule has 3 rings (SSSR count). The minimum atomic E-state index is -0.0137. The Bertz CT molecular complexity index is 957. The summed E-state index contributed by atoms with van der Waals surface area (Å²) in [5.74, 6) is 0.166. The SMILES string of the molecule is Cc1nn(CCO)cc1-c1cc(-c2ccc(Cl)cc2)nc(N)c1C#N. The van der Waals surface area contributed by atoms with Crippen molar-refractivity contribution in [3.05, 3.63) is 52.8 Å². The topological polar surface area (TPSA) is 101 Å². The number of nitriles is 1. The molecule has 0 atom stereocenters. The van der Waals surface area contributed by atoms with E-state index in [0.717, 1.165) is 16.8 Å². The molecule has 3 N–H and O–H groups in total. The lowest BCUT2D eigenvalue weighted by Crippen LogP contribution is -2.02. The summed E-state index contributed by atoms with van der Waals surface area (Å²) in [5.41, 5.74) is 10.0. The number of hydrogen-bond donors (Lipinski definition) is 2. The number of nitrogens with two attached hydrogens (primary N) is 1. The molecule has 0 amide bonds. The summed E-state index contributed by atoms with van der Waals surface area (Å²) in [6.07, 6.45) is 1.80. The third-order valence-electron chi connectivity index (χ3n) is 3.86. The van der Waals surface area contributed by atoms with E-state index in [1.54, 1.807) is 23.0 Å². The van der Waals surface area contributed by atoms with Gasteiger partial charge < -0.3 is 10.8 Å². The van der Waals surface area contributed by atoms with Gasteiger partial charge in [0.05, 0.1) is 24.5 Å². The van der Waals surface area contributed by atoms with Crippen LogP contribution in [0.1, 0.15) is 11.3 Å². The molecule has 25 heavy (non-hydrogen) atoms. The number of nitrogen functional groups attached to an aromatic ring is 1.